The van der Waals surface area contributed by atoms with E-state index in [1.165, 1.54) is 0 Å². The van der Waals surface area contributed by atoms with Crippen LogP contribution >= 0.6 is 0 Å². The first kappa shape index (κ1) is 8.42. The summed E-state index contributed by atoms with van der Waals surface area (Å²) in [6.07, 6.45) is 2.03. The van der Waals surface area contributed by atoms with Crippen molar-refractivity contribution in [2.24, 2.45) is 16.6 Å². The van der Waals surface area contributed by atoms with Crippen LogP contribution in [0.4, 0.5) is 8.78 Å². The molecule has 0 bridgehead atoms. The molecule has 2 fully saturated rings. The van der Waals surface area contributed by atoms with Gasteiger partial charge < -0.3 is 5.73 Å². The summed E-state index contributed by atoms with van der Waals surface area (Å²) in [5.74, 6) is -2.37. The Morgan fingerprint density at radius 3 is 2.00 bits per heavy atom. The molecule has 0 atom stereocenters. The van der Waals surface area contributed by atoms with Crippen LogP contribution in [0.2, 0.25) is 0 Å². The quantitative estimate of drug-likeness (QED) is 0.649. The molecule has 0 heterocycles. The fraction of sp³-hybridized carbons (Fsp3) is 1.00. The lowest BCUT2D eigenvalue weighted by Crippen LogP contribution is -2.59. The number of alkyl halides is 2. The van der Waals surface area contributed by atoms with E-state index in [1.807, 2.05) is 0 Å². The van der Waals surface area contributed by atoms with Gasteiger partial charge in [0.1, 0.15) is 0 Å². The molecule has 0 amide bonds. The third-order valence-electron chi connectivity index (χ3n) is 3.36. The minimum atomic E-state index is -2.37. The van der Waals surface area contributed by atoms with Gasteiger partial charge in [0.2, 0.25) is 5.92 Å². The molecule has 2 rings (SSSR count). The Kier molecular flexibility index (Phi) is 1.41. The van der Waals surface area contributed by atoms with Crippen LogP contribution in [0.25, 0.3) is 0 Å². The number of hydrogen-bond acceptors (Lipinski definition) is 1. The summed E-state index contributed by atoms with van der Waals surface area (Å²) >= 11 is 0. The van der Waals surface area contributed by atoms with Gasteiger partial charge in [-0.05, 0) is 30.2 Å². The Labute approximate surface area is 71.3 Å². The molecule has 2 aliphatic rings. The lowest BCUT2D eigenvalue weighted by molar-refractivity contribution is -0.225. The minimum absolute atomic E-state index is 0.0162. The van der Waals surface area contributed by atoms with Gasteiger partial charge in [-0.2, -0.15) is 0 Å². The van der Waals surface area contributed by atoms with Gasteiger partial charge in [0, 0.05) is 12.8 Å². The maximum absolute atomic E-state index is 12.6. The molecular formula is C9H15F2N. The van der Waals surface area contributed by atoms with E-state index in [1.54, 1.807) is 0 Å². The van der Waals surface area contributed by atoms with Gasteiger partial charge in [0.05, 0.1) is 0 Å². The third-order valence-corrected chi connectivity index (χ3v) is 3.36. The number of rotatable bonds is 1. The molecule has 2 saturated carbocycles. The van der Waals surface area contributed by atoms with Crippen molar-refractivity contribution in [3.05, 3.63) is 0 Å². The zero-order chi connectivity index (χ0) is 9.04. The number of nitrogens with two attached hydrogens (primary N) is 1. The van der Waals surface area contributed by atoms with E-state index in [0.717, 1.165) is 12.8 Å². The van der Waals surface area contributed by atoms with Gasteiger partial charge in [-0.1, -0.05) is 6.92 Å². The SMILES string of the molecule is CC1(CN)CC2(CC(F)(F)C2)C1. The lowest BCUT2D eigenvalue weighted by atomic mass is 9.45. The first-order valence-corrected chi connectivity index (χ1v) is 4.47. The summed E-state index contributed by atoms with van der Waals surface area (Å²) < 4.78 is 25.2. The third kappa shape index (κ3) is 1.06. The van der Waals surface area contributed by atoms with Crippen LogP contribution in [-0.2, 0) is 0 Å². The molecule has 1 nitrogen and oxygen atoms in total. The van der Waals surface area contributed by atoms with Crippen LogP contribution in [0.1, 0.15) is 32.6 Å². The summed E-state index contributed by atoms with van der Waals surface area (Å²) in [7, 11) is 0. The molecule has 2 aliphatic carbocycles. The van der Waals surface area contributed by atoms with Crippen molar-refractivity contribution in [3.63, 3.8) is 0 Å². The first-order valence-electron chi connectivity index (χ1n) is 4.47. The van der Waals surface area contributed by atoms with E-state index < -0.39 is 5.92 Å². The van der Waals surface area contributed by atoms with Crippen molar-refractivity contribution in [1.29, 1.82) is 0 Å². The van der Waals surface area contributed by atoms with Crippen LogP contribution in [0, 0.1) is 10.8 Å². The van der Waals surface area contributed by atoms with Gasteiger partial charge in [-0.3, -0.25) is 0 Å². The second-order valence-corrected chi connectivity index (χ2v) is 5.08. The van der Waals surface area contributed by atoms with Gasteiger partial charge in [0.25, 0.3) is 0 Å². The van der Waals surface area contributed by atoms with Crippen LogP contribution in [-0.4, -0.2) is 12.5 Å². The molecule has 12 heavy (non-hydrogen) atoms. The first-order chi connectivity index (χ1) is 5.39. The lowest BCUT2D eigenvalue weighted by Gasteiger charge is -2.62. The molecule has 3 heteroatoms. The maximum atomic E-state index is 12.6. The Hall–Kier alpha value is -0.180. The standard InChI is InChI=1S/C9H15F2N/c1-7(6-12)2-8(3-7)4-9(10,11)5-8/h2-6,12H2,1H3. The smallest absolute Gasteiger partial charge is 0.249 e. The van der Waals surface area contributed by atoms with E-state index in [4.69, 9.17) is 5.73 Å². The zero-order valence-corrected chi connectivity index (χ0v) is 7.37. The average Bonchev–Trinajstić information content (AvgIpc) is 1.80. The predicted octanol–water partition coefficient (Wildman–Crippen LogP) is 2.16. The molecule has 0 aromatic carbocycles. The molecule has 0 aliphatic heterocycles. The van der Waals surface area contributed by atoms with Gasteiger partial charge in [-0.25, -0.2) is 8.78 Å². The van der Waals surface area contributed by atoms with Gasteiger partial charge in [-0.15, -0.1) is 0 Å². The number of hydrogen-bond donors (Lipinski definition) is 1. The molecule has 0 radical (unpaired) electrons. The van der Waals surface area contributed by atoms with Gasteiger partial charge >= 0.3 is 0 Å². The Bertz CT molecular complexity index is 197. The fourth-order valence-electron chi connectivity index (χ4n) is 3.20. The Balaban J connectivity index is 1.90. The topological polar surface area (TPSA) is 26.0 Å². The highest BCUT2D eigenvalue weighted by atomic mass is 19.3. The molecule has 2 N–H and O–H groups in total. The van der Waals surface area contributed by atoms with Gasteiger partial charge in [0.15, 0.2) is 0 Å². The van der Waals surface area contributed by atoms with Crippen LogP contribution < -0.4 is 5.73 Å². The second-order valence-electron chi connectivity index (χ2n) is 5.08. The van der Waals surface area contributed by atoms with E-state index in [2.05, 4.69) is 6.92 Å². The maximum Gasteiger partial charge on any atom is 0.249 e. The Morgan fingerprint density at radius 1 is 1.17 bits per heavy atom. The van der Waals surface area contributed by atoms with E-state index >= 15 is 0 Å². The monoisotopic (exact) mass is 175 g/mol. The van der Waals surface area contributed by atoms with E-state index in [-0.39, 0.29) is 23.7 Å². The van der Waals surface area contributed by atoms with E-state index in [0.29, 0.717) is 6.54 Å². The van der Waals surface area contributed by atoms with Crippen molar-refractivity contribution in [2.75, 3.05) is 6.54 Å². The normalized spacial score (nSPS) is 34.0. The molecule has 0 unspecified atom stereocenters. The summed E-state index contributed by atoms with van der Waals surface area (Å²) in [6, 6.07) is 0. The summed E-state index contributed by atoms with van der Waals surface area (Å²) in [4.78, 5) is 0. The number of halogens is 2. The van der Waals surface area contributed by atoms with Crippen LogP contribution in [0.3, 0.4) is 0 Å². The highest BCUT2D eigenvalue weighted by Crippen LogP contribution is 2.68. The molecule has 0 aromatic heterocycles. The van der Waals surface area contributed by atoms with Crippen molar-refractivity contribution in [1.82, 2.24) is 0 Å². The van der Waals surface area contributed by atoms with E-state index in [9.17, 15) is 8.78 Å². The van der Waals surface area contributed by atoms with Crippen molar-refractivity contribution in [2.45, 2.75) is 38.5 Å². The molecule has 70 valence electrons. The largest absolute Gasteiger partial charge is 0.330 e. The summed E-state index contributed by atoms with van der Waals surface area (Å²) in [5.41, 5.74) is 5.70. The minimum Gasteiger partial charge on any atom is -0.330 e. The van der Waals surface area contributed by atoms with Crippen molar-refractivity contribution < 1.29 is 8.78 Å². The highest BCUT2D eigenvalue weighted by molar-refractivity contribution is 5.11. The van der Waals surface area contributed by atoms with Crippen LogP contribution in [0.5, 0.6) is 0 Å². The predicted molar refractivity (Wildman–Crippen MR) is 43.0 cm³/mol. The molecule has 1 spiro atoms. The van der Waals surface area contributed by atoms with Crippen LogP contribution in [0.15, 0.2) is 0 Å². The van der Waals surface area contributed by atoms with Crippen molar-refractivity contribution in [3.8, 4) is 0 Å². The second kappa shape index (κ2) is 2.00. The molecular weight excluding hydrogens is 160 g/mol. The average molecular weight is 175 g/mol. The fourth-order valence-corrected chi connectivity index (χ4v) is 3.20. The molecule has 0 saturated heterocycles. The van der Waals surface area contributed by atoms with Crippen molar-refractivity contribution >= 4 is 0 Å². The zero-order valence-electron chi connectivity index (χ0n) is 7.37. The highest BCUT2D eigenvalue weighted by Gasteiger charge is 2.64. The Morgan fingerprint density at radius 2 is 1.67 bits per heavy atom. The summed E-state index contributed by atoms with van der Waals surface area (Å²) in [5, 5.41) is 0. The molecule has 0 aromatic rings. The summed E-state index contributed by atoms with van der Waals surface area (Å²) in [6.45, 7) is 2.73.